The van der Waals surface area contributed by atoms with E-state index >= 15 is 0 Å². The summed E-state index contributed by atoms with van der Waals surface area (Å²) in [7, 11) is 0. The number of hydrogen-bond acceptors (Lipinski definition) is 2. The fraction of sp³-hybridized carbons (Fsp3) is 0.600. The average Bonchev–Trinajstić information content (AvgIpc) is 2.41. The molecule has 0 unspecified atom stereocenters. The fourth-order valence-corrected chi connectivity index (χ4v) is 2.93. The lowest BCUT2D eigenvalue weighted by Gasteiger charge is -2.36. The SMILES string of the molecule is Cc1ccc(Cl)c(NCC2(CO)CCCCC2)c1. The number of aliphatic hydroxyl groups is 1. The second-order valence-electron chi connectivity index (χ2n) is 5.56. The summed E-state index contributed by atoms with van der Waals surface area (Å²) in [5.41, 5.74) is 2.23. The maximum atomic E-state index is 9.67. The lowest BCUT2D eigenvalue weighted by Crippen LogP contribution is -2.35. The van der Waals surface area contributed by atoms with E-state index in [0.29, 0.717) is 0 Å². The average molecular weight is 268 g/mol. The second-order valence-corrected chi connectivity index (χ2v) is 5.96. The Labute approximate surface area is 114 Å². The second kappa shape index (κ2) is 5.94. The van der Waals surface area contributed by atoms with Crippen LogP contribution in [0.2, 0.25) is 5.02 Å². The highest BCUT2D eigenvalue weighted by Gasteiger charge is 2.31. The van der Waals surface area contributed by atoms with Gasteiger partial charge in [-0.25, -0.2) is 0 Å². The van der Waals surface area contributed by atoms with Crippen LogP contribution in [0.4, 0.5) is 5.69 Å². The van der Waals surface area contributed by atoms with Gasteiger partial charge in [-0.2, -0.15) is 0 Å². The first-order valence-corrected chi connectivity index (χ1v) is 7.14. The summed E-state index contributed by atoms with van der Waals surface area (Å²) in [6.07, 6.45) is 5.97. The number of aliphatic hydroxyl groups excluding tert-OH is 1. The Morgan fingerprint density at radius 3 is 2.67 bits per heavy atom. The molecule has 0 saturated heterocycles. The molecule has 2 rings (SSSR count). The molecule has 0 radical (unpaired) electrons. The highest BCUT2D eigenvalue weighted by Crippen LogP contribution is 2.36. The summed E-state index contributed by atoms with van der Waals surface area (Å²) in [6.45, 7) is 3.14. The molecule has 0 bridgehead atoms. The summed E-state index contributed by atoms with van der Waals surface area (Å²) < 4.78 is 0. The summed E-state index contributed by atoms with van der Waals surface area (Å²) in [5.74, 6) is 0. The van der Waals surface area contributed by atoms with Gasteiger partial charge in [0.1, 0.15) is 0 Å². The van der Waals surface area contributed by atoms with Crippen molar-refractivity contribution in [3.05, 3.63) is 28.8 Å². The van der Waals surface area contributed by atoms with Crippen molar-refractivity contribution in [2.45, 2.75) is 39.0 Å². The summed E-state index contributed by atoms with van der Waals surface area (Å²) in [4.78, 5) is 0. The van der Waals surface area contributed by atoms with Crippen LogP contribution in [0, 0.1) is 12.3 Å². The van der Waals surface area contributed by atoms with E-state index < -0.39 is 0 Å². The van der Waals surface area contributed by atoms with Crippen molar-refractivity contribution >= 4 is 17.3 Å². The molecule has 0 heterocycles. The smallest absolute Gasteiger partial charge is 0.0637 e. The molecule has 18 heavy (non-hydrogen) atoms. The maximum absolute atomic E-state index is 9.67. The molecule has 0 amide bonds. The van der Waals surface area contributed by atoms with Gasteiger partial charge in [0.2, 0.25) is 0 Å². The molecular weight excluding hydrogens is 246 g/mol. The molecule has 2 nitrogen and oxygen atoms in total. The zero-order valence-electron chi connectivity index (χ0n) is 11.0. The molecule has 1 saturated carbocycles. The van der Waals surface area contributed by atoms with Crippen molar-refractivity contribution in [2.24, 2.45) is 5.41 Å². The Kier molecular flexibility index (Phi) is 4.52. The van der Waals surface area contributed by atoms with Crippen LogP contribution < -0.4 is 5.32 Å². The number of aryl methyl sites for hydroxylation is 1. The van der Waals surface area contributed by atoms with E-state index in [0.717, 1.165) is 30.1 Å². The predicted octanol–water partition coefficient (Wildman–Crippen LogP) is 4.00. The summed E-state index contributed by atoms with van der Waals surface area (Å²) >= 11 is 6.18. The van der Waals surface area contributed by atoms with Gasteiger partial charge >= 0.3 is 0 Å². The quantitative estimate of drug-likeness (QED) is 0.864. The van der Waals surface area contributed by atoms with Gasteiger partial charge in [0.15, 0.2) is 0 Å². The lowest BCUT2D eigenvalue weighted by molar-refractivity contribution is 0.0944. The Morgan fingerprint density at radius 2 is 2.00 bits per heavy atom. The molecule has 0 spiro atoms. The molecular formula is C15H22ClNO. The third kappa shape index (κ3) is 3.18. The molecule has 3 heteroatoms. The van der Waals surface area contributed by atoms with E-state index in [4.69, 9.17) is 11.6 Å². The van der Waals surface area contributed by atoms with Crippen molar-refractivity contribution in [2.75, 3.05) is 18.5 Å². The van der Waals surface area contributed by atoms with E-state index in [9.17, 15) is 5.11 Å². The van der Waals surface area contributed by atoms with Crippen LogP contribution in [0.5, 0.6) is 0 Å². The highest BCUT2D eigenvalue weighted by molar-refractivity contribution is 6.33. The van der Waals surface area contributed by atoms with Crippen LogP contribution in [0.25, 0.3) is 0 Å². The molecule has 0 atom stereocenters. The monoisotopic (exact) mass is 267 g/mol. The van der Waals surface area contributed by atoms with Crippen molar-refractivity contribution < 1.29 is 5.11 Å². The van der Waals surface area contributed by atoms with Crippen LogP contribution in [-0.4, -0.2) is 18.3 Å². The molecule has 100 valence electrons. The van der Waals surface area contributed by atoms with Gasteiger partial charge in [0.25, 0.3) is 0 Å². The highest BCUT2D eigenvalue weighted by atomic mass is 35.5. The van der Waals surface area contributed by atoms with Crippen molar-refractivity contribution in [3.8, 4) is 0 Å². The van der Waals surface area contributed by atoms with Gasteiger partial charge in [-0.15, -0.1) is 0 Å². The number of benzene rings is 1. The summed E-state index contributed by atoms with van der Waals surface area (Å²) in [6, 6.07) is 6.00. The molecule has 2 N–H and O–H groups in total. The van der Waals surface area contributed by atoms with Crippen molar-refractivity contribution in [1.82, 2.24) is 0 Å². The molecule has 0 aliphatic heterocycles. The van der Waals surface area contributed by atoms with Gasteiger partial charge in [0, 0.05) is 12.0 Å². The fourth-order valence-electron chi connectivity index (χ4n) is 2.75. The first kappa shape index (κ1) is 13.7. The number of anilines is 1. The van der Waals surface area contributed by atoms with Gasteiger partial charge in [0.05, 0.1) is 17.3 Å². The molecule has 1 aromatic rings. The molecule has 1 aromatic carbocycles. The topological polar surface area (TPSA) is 32.3 Å². The minimum absolute atomic E-state index is 0.0469. The van der Waals surface area contributed by atoms with Crippen LogP contribution in [-0.2, 0) is 0 Å². The Balaban J connectivity index is 2.03. The Bertz CT molecular complexity index is 399. The van der Waals surface area contributed by atoms with Gasteiger partial charge < -0.3 is 10.4 Å². The minimum atomic E-state index is 0.0469. The Morgan fingerprint density at radius 1 is 1.28 bits per heavy atom. The molecule has 1 fully saturated rings. The zero-order chi connectivity index (χ0) is 13.0. The molecule has 0 aromatic heterocycles. The van der Waals surface area contributed by atoms with Crippen molar-refractivity contribution in [1.29, 1.82) is 0 Å². The number of halogens is 1. The standard InChI is InChI=1S/C15H22ClNO/c1-12-5-6-13(16)14(9-12)17-10-15(11-18)7-3-2-4-8-15/h5-6,9,17-18H,2-4,7-8,10-11H2,1H3. The van der Waals surface area contributed by atoms with E-state index in [1.807, 2.05) is 12.1 Å². The zero-order valence-corrected chi connectivity index (χ0v) is 11.8. The normalized spacial score (nSPS) is 18.6. The number of rotatable bonds is 4. The summed E-state index contributed by atoms with van der Waals surface area (Å²) in [5, 5.41) is 13.8. The molecule has 1 aliphatic rings. The van der Waals surface area contributed by atoms with E-state index in [1.54, 1.807) is 0 Å². The largest absolute Gasteiger partial charge is 0.396 e. The van der Waals surface area contributed by atoms with E-state index in [2.05, 4.69) is 18.3 Å². The molecule has 1 aliphatic carbocycles. The van der Waals surface area contributed by atoms with Crippen LogP contribution in [0.15, 0.2) is 18.2 Å². The lowest BCUT2D eigenvalue weighted by atomic mass is 9.74. The van der Waals surface area contributed by atoms with Gasteiger partial charge in [-0.3, -0.25) is 0 Å². The third-order valence-electron chi connectivity index (χ3n) is 4.03. The van der Waals surface area contributed by atoms with Gasteiger partial charge in [-0.1, -0.05) is 36.9 Å². The predicted molar refractivity (Wildman–Crippen MR) is 77.3 cm³/mol. The van der Waals surface area contributed by atoms with Gasteiger partial charge in [-0.05, 0) is 37.5 Å². The minimum Gasteiger partial charge on any atom is -0.396 e. The number of nitrogens with one attached hydrogen (secondary N) is 1. The first-order valence-electron chi connectivity index (χ1n) is 6.76. The van der Waals surface area contributed by atoms with Crippen LogP contribution in [0.3, 0.4) is 0 Å². The third-order valence-corrected chi connectivity index (χ3v) is 4.35. The number of hydrogen-bond donors (Lipinski definition) is 2. The first-order chi connectivity index (χ1) is 8.65. The van der Waals surface area contributed by atoms with E-state index in [-0.39, 0.29) is 12.0 Å². The Hall–Kier alpha value is -0.730. The van der Waals surface area contributed by atoms with Crippen molar-refractivity contribution in [3.63, 3.8) is 0 Å². The van der Waals surface area contributed by atoms with Crippen LogP contribution >= 0.6 is 11.6 Å². The van der Waals surface area contributed by atoms with Crippen LogP contribution in [0.1, 0.15) is 37.7 Å². The van der Waals surface area contributed by atoms with E-state index in [1.165, 1.54) is 24.8 Å². The maximum Gasteiger partial charge on any atom is 0.0637 e.